The summed E-state index contributed by atoms with van der Waals surface area (Å²) >= 11 is 0. The van der Waals surface area contributed by atoms with Gasteiger partial charge in [-0.15, -0.1) is 10.2 Å². The number of aromatic nitrogens is 2. The second-order valence-electron chi connectivity index (χ2n) is 3.86. The van der Waals surface area contributed by atoms with E-state index in [9.17, 15) is 0 Å². The molecule has 0 aromatic carbocycles. The van der Waals surface area contributed by atoms with Crippen molar-refractivity contribution in [3.63, 3.8) is 0 Å². The van der Waals surface area contributed by atoms with Crippen LogP contribution in [0.15, 0.2) is 12.1 Å². The fourth-order valence-electron chi connectivity index (χ4n) is 1.92. The summed E-state index contributed by atoms with van der Waals surface area (Å²) in [6.45, 7) is 2.90. The SMILES string of the molecule is CC1OCCC1N(C)c1ccc(N)nn1. The lowest BCUT2D eigenvalue weighted by molar-refractivity contribution is 0.118. The van der Waals surface area contributed by atoms with Gasteiger partial charge in [0.1, 0.15) is 5.82 Å². The average Bonchev–Trinajstić information content (AvgIpc) is 2.65. The molecule has 5 heteroatoms. The highest BCUT2D eigenvalue weighted by molar-refractivity contribution is 5.41. The standard InChI is InChI=1S/C10H16N4O/c1-7-8(5-6-15-7)14(2)10-4-3-9(11)12-13-10/h3-4,7-8H,5-6H2,1-2H3,(H2,11,12). The highest BCUT2D eigenvalue weighted by Gasteiger charge is 2.28. The summed E-state index contributed by atoms with van der Waals surface area (Å²) in [5.41, 5.74) is 5.49. The molecule has 0 spiro atoms. The van der Waals surface area contributed by atoms with Gasteiger partial charge in [0.2, 0.25) is 0 Å². The molecular weight excluding hydrogens is 192 g/mol. The molecule has 1 aromatic rings. The van der Waals surface area contributed by atoms with Gasteiger partial charge in [0, 0.05) is 13.7 Å². The van der Waals surface area contributed by atoms with Gasteiger partial charge >= 0.3 is 0 Å². The van der Waals surface area contributed by atoms with Gasteiger partial charge in [0.05, 0.1) is 12.1 Å². The Balaban J connectivity index is 2.13. The first kappa shape index (κ1) is 10.2. The van der Waals surface area contributed by atoms with Crippen LogP contribution in [-0.2, 0) is 4.74 Å². The van der Waals surface area contributed by atoms with Gasteiger partial charge in [-0.2, -0.15) is 0 Å². The largest absolute Gasteiger partial charge is 0.382 e. The first-order valence-electron chi connectivity index (χ1n) is 5.12. The number of rotatable bonds is 2. The molecule has 5 nitrogen and oxygen atoms in total. The molecule has 0 radical (unpaired) electrons. The predicted molar refractivity (Wildman–Crippen MR) is 58.7 cm³/mol. The highest BCUT2D eigenvalue weighted by atomic mass is 16.5. The fourth-order valence-corrected chi connectivity index (χ4v) is 1.92. The maximum Gasteiger partial charge on any atom is 0.151 e. The first-order chi connectivity index (χ1) is 7.18. The number of nitrogens with zero attached hydrogens (tertiary/aromatic N) is 3. The molecule has 2 unspecified atom stereocenters. The summed E-state index contributed by atoms with van der Waals surface area (Å²) in [4.78, 5) is 2.10. The van der Waals surface area contributed by atoms with E-state index in [0.29, 0.717) is 11.9 Å². The van der Waals surface area contributed by atoms with Crippen molar-refractivity contribution < 1.29 is 4.74 Å². The van der Waals surface area contributed by atoms with Crippen LogP contribution in [0.4, 0.5) is 11.6 Å². The van der Waals surface area contributed by atoms with E-state index in [1.807, 2.05) is 13.1 Å². The van der Waals surface area contributed by atoms with Crippen LogP contribution in [0.5, 0.6) is 0 Å². The second kappa shape index (κ2) is 4.02. The van der Waals surface area contributed by atoms with Crippen LogP contribution in [0.25, 0.3) is 0 Å². The Hall–Kier alpha value is -1.36. The van der Waals surface area contributed by atoms with Gasteiger partial charge in [0.25, 0.3) is 0 Å². The van der Waals surface area contributed by atoms with Gasteiger partial charge in [0.15, 0.2) is 5.82 Å². The van der Waals surface area contributed by atoms with Crippen LogP contribution < -0.4 is 10.6 Å². The van der Waals surface area contributed by atoms with Crippen molar-refractivity contribution in [2.75, 3.05) is 24.3 Å². The first-order valence-corrected chi connectivity index (χ1v) is 5.12. The molecule has 0 saturated carbocycles. The van der Waals surface area contributed by atoms with E-state index in [2.05, 4.69) is 22.0 Å². The van der Waals surface area contributed by atoms with Gasteiger partial charge in [-0.1, -0.05) is 0 Å². The zero-order valence-electron chi connectivity index (χ0n) is 9.05. The van der Waals surface area contributed by atoms with Gasteiger partial charge < -0.3 is 15.4 Å². The molecule has 1 aliphatic heterocycles. The van der Waals surface area contributed by atoms with Crippen LogP contribution in [0.1, 0.15) is 13.3 Å². The van der Waals surface area contributed by atoms with Crippen molar-refractivity contribution in [3.05, 3.63) is 12.1 Å². The average molecular weight is 208 g/mol. The lowest BCUT2D eigenvalue weighted by atomic mass is 10.1. The van der Waals surface area contributed by atoms with Gasteiger partial charge in [-0.25, -0.2) is 0 Å². The molecule has 1 saturated heterocycles. The number of hydrogen-bond donors (Lipinski definition) is 1. The molecule has 2 N–H and O–H groups in total. The normalized spacial score (nSPS) is 25.5. The minimum Gasteiger partial charge on any atom is -0.382 e. The molecule has 82 valence electrons. The van der Waals surface area contributed by atoms with Crippen molar-refractivity contribution in [3.8, 4) is 0 Å². The molecule has 1 aliphatic rings. The number of nitrogens with two attached hydrogens (primary N) is 1. The summed E-state index contributed by atoms with van der Waals surface area (Å²) in [5.74, 6) is 1.29. The minimum atomic E-state index is 0.245. The minimum absolute atomic E-state index is 0.245. The van der Waals surface area contributed by atoms with Crippen LogP contribution in [0.3, 0.4) is 0 Å². The fraction of sp³-hybridized carbons (Fsp3) is 0.600. The van der Waals surface area contributed by atoms with Crippen molar-refractivity contribution >= 4 is 11.6 Å². The highest BCUT2D eigenvalue weighted by Crippen LogP contribution is 2.22. The quantitative estimate of drug-likeness (QED) is 0.774. The number of anilines is 2. The Morgan fingerprint density at radius 1 is 1.47 bits per heavy atom. The molecular formula is C10H16N4O. The van der Waals surface area contributed by atoms with Crippen LogP contribution >= 0.6 is 0 Å². The van der Waals surface area contributed by atoms with E-state index < -0.39 is 0 Å². The van der Waals surface area contributed by atoms with E-state index in [1.54, 1.807) is 6.07 Å². The third-order valence-electron chi connectivity index (χ3n) is 2.87. The van der Waals surface area contributed by atoms with E-state index in [0.717, 1.165) is 18.8 Å². The summed E-state index contributed by atoms with van der Waals surface area (Å²) in [5, 5.41) is 7.89. The molecule has 2 heterocycles. The maximum absolute atomic E-state index is 5.52. The summed E-state index contributed by atoms with van der Waals surface area (Å²) in [7, 11) is 2.01. The summed E-state index contributed by atoms with van der Waals surface area (Å²) in [6, 6.07) is 4.02. The van der Waals surface area contributed by atoms with E-state index in [4.69, 9.17) is 10.5 Å². The zero-order chi connectivity index (χ0) is 10.8. The number of likely N-dealkylation sites (N-methyl/N-ethyl adjacent to an activating group) is 1. The summed E-state index contributed by atoms with van der Waals surface area (Å²) < 4.78 is 5.52. The second-order valence-corrected chi connectivity index (χ2v) is 3.86. The number of ether oxygens (including phenoxy) is 1. The van der Waals surface area contributed by atoms with Crippen molar-refractivity contribution in [2.24, 2.45) is 0 Å². The molecule has 2 atom stereocenters. The molecule has 1 fully saturated rings. The lowest BCUT2D eigenvalue weighted by Crippen LogP contribution is -2.37. The maximum atomic E-state index is 5.52. The molecule has 15 heavy (non-hydrogen) atoms. The van der Waals surface area contributed by atoms with Gasteiger partial charge in [-0.3, -0.25) is 0 Å². The van der Waals surface area contributed by atoms with Crippen LogP contribution in [0, 0.1) is 0 Å². The Morgan fingerprint density at radius 2 is 2.27 bits per heavy atom. The monoisotopic (exact) mass is 208 g/mol. The van der Waals surface area contributed by atoms with Crippen molar-refractivity contribution in [2.45, 2.75) is 25.5 Å². The Labute approximate surface area is 89.2 Å². The topological polar surface area (TPSA) is 64.3 Å². The number of nitrogen functional groups attached to an aromatic ring is 1. The van der Waals surface area contributed by atoms with Crippen LogP contribution in [0.2, 0.25) is 0 Å². The summed E-state index contributed by atoms with van der Waals surface area (Å²) in [6.07, 6.45) is 1.28. The van der Waals surface area contributed by atoms with Gasteiger partial charge in [-0.05, 0) is 25.5 Å². The molecule has 1 aromatic heterocycles. The predicted octanol–water partition coefficient (Wildman–Crippen LogP) is 0.672. The third kappa shape index (κ3) is 2.02. The molecule has 2 rings (SSSR count). The molecule has 0 aliphatic carbocycles. The number of hydrogen-bond acceptors (Lipinski definition) is 5. The van der Waals surface area contributed by atoms with E-state index in [1.165, 1.54) is 0 Å². The third-order valence-corrected chi connectivity index (χ3v) is 2.87. The zero-order valence-corrected chi connectivity index (χ0v) is 9.05. The van der Waals surface area contributed by atoms with Crippen molar-refractivity contribution in [1.29, 1.82) is 0 Å². The molecule has 0 amide bonds. The van der Waals surface area contributed by atoms with E-state index in [-0.39, 0.29) is 6.10 Å². The Bertz CT molecular complexity index is 327. The lowest BCUT2D eigenvalue weighted by Gasteiger charge is -2.27. The van der Waals surface area contributed by atoms with Crippen molar-refractivity contribution in [1.82, 2.24) is 10.2 Å². The Kier molecular flexibility index (Phi) is 2.73. The smallest absolute Gasteiger partial charge is 0.151 e. The van der Waals surface area contributed by atoms with Crippen LogP contribution in [-0.4, -0.2) is 36.0 Å². The Morgan fingerprint density at radius 3 is 2.80 bits per heavy atom. The molecule has 0 bridgehead atoms. The van der Waals surface area contributed by atoms with E-state index >= 15 is 0 Å².